The highest BCUT2D eigenvalue weighted by Crippen LogP contribution is 1.96. The van der Waals surface area contributed by atoms with E-state index in [1.165, 1.54) is 0 Å². The fourth-order valence-corrected chi connectivity index (χ4v) is 1.82. The summed E-state index contributed by atoms with van der Waals surface area (Å²) in [5.41, 5.74) is 1.00. The van der Waals surface area contributed by atoms with Crippen molar-refractivity contribution in [1.82, 2.24) is 25.2 Å². The first-order valence-electron chi connectivity index (χ1n) is 6.73. The Labute approximate surface area is 110 Å². The predicted octanol–water partition coefficient (Wildman–Crippen LogP) is 1.29. The number of nitrogens with zero attached hydrogens (tertiary/aromatic N) is 4. The molecule has 0 aliphatic carbocycles. The van der Waals surface area contributed by atoms with Gasteiger partial charge >= 0.3 is 0 Å². The van der Waals surface area contributed by atoms with Gasteiger partial charge < -0.3 is 5.32 Å². The Hall–Kier alpha value is -1.20. The lowest BCUT2D eigenvalue weighted by atomic mass is 10.4. The van der Waals surface area contributed by atoms with Crippen LogP contribution in [-0.4, -0.2) is 46.1 Å². The molecule has 1 aromatic rings. The Morgan fingerprint density at radius 1 is 1.44 bits per heavy atom. The molecule has 1 N–H and O–H groups in total. The molecular weight excluding hydrogens is 226 g/mol. The molecule has 0 saturated heterocycles. The van der Waals surface area contributed by atoms with Gasteiger partial charge in [-0.3, -0.25) is 9.58 Å². The molecule has 0 bridgehead atoms. The van der Waals surface area contributed by atoms with Crippen LogP contribution in [0.25, 0.3) is 0 Å². The molecule has 0 spiro atoms. The molecule has 0 radical (unpaired) electrons. The molecule has 0 atom stereocenters. The summed E-state index contributed by atoms with van der Waals surface area (Å²) >= 11 is 0. The van der Waals surface area contributed by atoms with E-state index in [0.717, 1.165) is 51.4 Å². The maximum absolute atomic E-state index is 4.14. The molecule has 0 unspecified atom stereocenters. The lowest BCUT2D eigenvalue weighted by molar-refractivity contribution is 0.283. The highest BCUT2D eigenvalue weighted by molar-refractivity contribution is 4.91. The third-order valence-electron chi connectivity index (χ3n) is 2.71. The van der Waals surface area contributed by atoms with E-state index in [-0.39, 0.29) is 0 Å². The molecule has 0 aliphatic heterocycles. The van der Waals surface area contributed by atoms with Crippen LogP contribution in [0.2, 0.25) is 0 Å². The molecule has 0 aliphatic rings. The second kappa shape index (κ2) is 8.83. The van der Waals surface area contributed by atoms with Crippen molar-refractivity contribution in [1.29, 1.82) is 0 Å². The number of hydrogen-bond acceptors (Lipinski definition) is 4. The first-order valence-corrected chi connectivity index (χ1v) is 6.73. The monoisotopic (exact) mass is 251 g/mol. The second-order valence-corrected chi connectivity index (χ2v) is 4.34. The summed E-state index contributed by atoms with van der Waals surface area (Å²) in [5, 5.41) is 11.5. The molecule has 0 fully saturated rings. The summed E-state index contributed by atoms with van der Waals surface area (Å²) in [6.07, 6.45) is 5.13. The lowest BCUT2D eigenvalue weighted by Crippen LogP contribution is -2.28. The van der Waals surface area contributed by atoms with Crippen molar-refractivity contribution in [3.05, 3.63) is 24.5 Å². The molecule has 1 rings (SSSR count). The second-order valence-electron chi connectivity index (χ2n) is 4.34. The Morgan fingerprint density at radius 3 is 2.94 bits per heavy atom. The molecule has 18 heavy (non-hydrogen) atoms. The van der Waals surface area contributed by atoms with E-state index in [9.17, 15) is 0 Å². The molecule has 1 aromatic heterocycles. The van der Waals surface area contributed by atoms with Crippen molar-refractivity contribution in [2.75, 3.05) is 26.2 Å². The molecule has 0 saturated carbocycles. The van der Waals surface area contributed by atoms with Crippen LogP contribution in [0.4, 0.5) is 0 Å². The highest BCUT2D eigenvalue weighted by atomic mass is 15.4. The molecule has 0 aromatic carbocycles. The van der Waals surface area contributed by atoms with Crippen LogP contribution in [0, 0.1) is 0 Å². The summed E-state index contributed by atoms with van der Waals surface area (Å²) in [7, 11) is 0. The summed E-state index contributed by atoms with van der Waals surface area (Å²) in [6, 6.07) is 0. The minimum atomic E-state index is 0.793. The first kappa shape index (κ1) is 14.9. The van der Waals surface area contributed by atoms with Crippen LogP contribution in [-0.2, 0) is 13.1 Å². The van der Waals surface area contributed by atoms with Crippen molar-refractivity contribution in [3.63, 3.8) is 0 Å². The Morgan fingerprint density at radius 2 is 2.28 bits per heavy atom. The summed E-state index contributed by atoms with van der Waals surface area (Å²) in [6.45, 7) is 13.7. The fourth-order valence-electron chi connectivity index (χ4n) is 1.82. The zero-order valence-corrected chi connectivity index (χ0v) is 11.6. The highest BCUT2D eigenvalue weighted by Gasteiger charge is 2.04. The molecule has 5 nitrogen and oxygen atoms in total. The van der Waals surface area contributed by atoms with Crippen LogP contribution in [0.15, 0.2) is 18.9 Å². The van der Waals surface area contributed by atoms with Crippen molar-refractivity contribution in [3.8, 4) is 0 Å². The predicted molar refractivity (Wildman–Crippen MR) is 74.3 cm³/mol. The minimum Gasteiger partial charge on any atom is -0.311 e. The maximum atomic E-state index is 4.14. The Kier molecular flexibility index (Phi) is 7.29. The van der Waals surface area contributed by atoms with Crippen LogP contribution >= 0.6 is 0 Å². The third-order valence-corrected chi connectivity index (χ3v) is 2.71. The van der Waals surface area contributed by atoms with Gasteiger partial charge in [-0.25, -0.2) is 0 Å². The zero-order chi connectivity index (χ0) is 13.2. The fraction of sp³-hybridized carbons (Fsp3) is 0.692. The smallest absolute Gasteiger partial charge is 0.0964 e. The van der Waals surface area contributed by atoms with Crippen molar-refractivity contribution < 1.29 is 0 Å². The van der Waals surface area contributed by atoms with E-state index in [1.807, 2.05) is 17.0 Å². The standard InChI is InChI=1S/C13H25N5/c1-4-7-17(8-5-2)9-10-18-12-13(15-16-18)11-14-6-3/h4,12,14H,1,5-11H2,2-3H3. The third kappa shape index (κ3) is 5.42. The first-order chi connectivity index (χ1) is 8.80. The van der Waals surface area contributed by atoms with Gasteiger partial charge in [-0.2, -0.15) is 0 Å². The van der Waals surface area contributed by atoms with E-state index in [4.69, 9.17) is 0 Å². The number of rotatable bonds is 10. The Balaban J connectivity index is 2.36. The van der Waals surface area contributed by atoms with E-state index in [2.05, 4.69) is 41.0 Å². The van der Waals surface area contributed by atoms with Gasteiger partial charge in [0, 0.05) is 25.8 Å². The van der Waals surface area contributed by atoms with E-state index in [0.29, 0.717) is 0 Å². The van der Waals surface area contributed by atoms with Crippen LogP contribution in [0.3, 0.4) is 0 Å². The Bertz CT molecular complexity index is 334. The van der Waals surface area contributed by atoms with Crippen LogP contribution in [0.5, 0.6) is 0 Å². The quantitative estimate of drug-likeness (QED) is 0.636. The van der Waals surface area contributed by atoms with Crippen LogP contribution < -0.4 is 5.32 Å². The van der Waals surface area contributed by atoms with Gasteiger partial charge in [-0.05, 0) is 19.5 Å². The average molecular weight is 251 g/mol. The van der Waals surface area contributed by atoms with Gasteiger partial charge in [0.05, 0.1) is 12.2 Å². The van der Waals surface area contributed by atoms with Gasteiger partial charge in [-0.1, -0.05) is 25.1 Å². The molecular formula is C13H25N5. The van der Waals surface area contributed by atoms with Crippen LogP contribution in [0.1, 0.15) is 26.0 Å². The summed E-state index contributed by atoms with van der Waals surface area (Å²) in [5.74, 6) is 0. The van der Waals surface area contributed by atoms with Gasteiger partial charge in [0.2, 0.25) is 0 Å². The number of hydrogen-bond donors (Lipinski definition) is 1. The van der Waals surface area contributed by atoms with E-state index < -0.39 is 0 Å². The minimum absolute atomic E-state index is 0.793. The zero-order valence-electron chi connectivity index (χ0n) is 11.6. The molecule has 5 heteroatoms. The topological polar surface area (TPSA) is 46.0 Å². The molecule has 0 amide bonds. The van der Waals surface area contributed by atoms with E-state index >= 15 is 0 Å². The van der Waals surface area contributed by atoms with E-state index in [1.54, 1.807) is 0 Å². The average Bonchev–Trinajstić information content (AvgIpc) is 2.82. The van der Waals surface area contributed by atoms with Gasteiger partial charge in [0.1, 0.15) is 0 Å². The molecule has 102 valence electrons. The normalized spacial score (nSPS) is 11.1. The summed E-state index contributed by atoms with van der Waals surface area (Å²) in [4.78, 5) is 2.37. The van der Waals surface area contributed by atoms with Gasteiger partial charge in [-0.15, -0.1) is 11.7 Å². The van der Waals surface area contributed by atoms with Crippen molar-refractivity contribution >= 4 is 0 Å². The largest absolute Gasteiger partial charge is 0.311 e. The molecule has 1 heterocycles. The summed E-state index contributed by atoms with van der Waals surface area (Å²) < 4.78 is 1.92. The lowest BCUT2D eigenvalue weighted by Gasteiger charge is -2.19. The SMILES string of the molecule is C=CCN(CCC)CCn1cc(CNCC)nn1. The maximum Gasteiger partial charge on any atom is 0.0964 e. The number of nitrogens with one attached hydrogen (secondary N) is 1. The number of aromatic nitrogens is 3. The van der Waals surface area contributed by atoms with Gasteiger partial charge in [0.25, 0.3) is 0 Å². The van der Waals surface area contributed by atoms with Gasteiger partial charge in [0.15, 0.2) is 0 Å². The van der Waals surface area contributed by atoms with Crippen molar-refractivity contribution in [2.45, 2.75) is 33.4 Å². The van der Waals surface area contributed by atoms with Crippen molar-refractivity contribution in [2.24, 2.45) is 0 Å².